The van der Waals surface area contributed by atoms with Crippen LogP contribution in [0.1, 0.15) is 33.1 Å². The Bertz CT molecular complexity index is 1130. The summed E-state index contributed by atoms with van der Waals surface area (Å²) in [4.78, 5) is 53.1. The summed E-state index contributed by atoms with van der Waals surface area (Å²) in [5.74, 6) is 1.13. The first-order valence-electron chi connectivity index (χ1n) is 10.4. The van der Waals surface area contributed by atoms with Crippen LogP contribution in [-0.4, -0.2) is 51.1 Å². The molecule has 1 aliphatic heterocycles. The number of aromatic nitrogens is 6. The highest BCUT2D eigenvalue weighted by atomic mass is 16.6. The largest absolute Gasteiger partial charge is 0.434 e. The summed E-state index contributed by atoms with van der Waals surface area (Å²) in [6, 6.07) is 0. The molecule has 182 valence electrons. The molecule has 0 aliphatic carbocycles. The quantitative estimate of drug-likeness (QED) is 0.378. The van der Waals surface area contributed by atoms with Gasteiger partial charge in [0.25, 0.3) is 0 Å². The van der Waals surface area contributed by atoms with Gasteiger partial charge >= 0.3 is 5.95 Å². The number of rotatable bonds is 7. The molecular formula is C20H27N9O5. The van der Waals surface area contributed by atoms with Crippen molar-refractivity contribution in [3.63, 3.8) is 0 Å². The van der Waals surface area contributed by atoms with Crippen LogP contribution < -0.4 is 11.1 Å². The Morgan fingerprint density at radius 2 is 1.62 bits per heavy atom. The molecule has 1 amide bonds. The average Bonchev–Trinajstić information content (AvgIpc) is 3.52. The molecule has 0 bridgehead atoms. The van der Waals surface area contributed by atoms with Gasteiger partial charge in [-0.2, -0.15) is 0 Å². The van der Waals surface area contributed by atoms with Crippen LogP contribution in [0.3, 0.4) is 0 Å². The summed E-state index contributed by atoms with van der Waals surface area (Å²) in [6.45, 7) is 4.70. The Labute approximate surface area is 195 Å². The van der Waals surface area contributed by atoms with Crippen molar-refractivity contribution in [3.05, 3.63) is 47.3 Å². The van der Waals surface area contributed by atoms with Gasteiger partial charge in [-0.1, -0.05) is 4.98 Å². The first-order chi connectivity index (χ1) is 16.2. The second-order valence-corrected chi connectivity index (χ2v) is 7.30. The van der Waals surface area contributed by atoms with Gasteiger partial charge in [-0.3, -0.25) is 19.7 Å². The molecule has 0 saturated carbocycles. The lowest BCUT2D eigenvalue weighted by atomic mass is 10.3. The molecule has 0 saturated heterocycles. The summed E-state index contributed by atoms with van der Waals surface area (Å²) in [6.07, 6.45) is 11.1. The fourth-order valence-corrected chi connectivity index (χ4v) is 2.76. The third-order valence-electron chi connectivity index (χ3n) is 4.56. The SMILES string of the molecule is CC(=O)CCn1ccnc1N.CC(=O)CCn1ccnc1[N+](=O)[O-].O=C1CCn2ccnc2N1. The Morgan fingerprint density at radius 1 is 1.03 bits per heavy atom. The summed E-state index contributed by atoms with van der Waals surface area (Å²) in [5, 5.41) is 13.0. The average molecular weight is 473 g/mol. The molecule has 4 rings (SSSR count). The number of carbonyl (C=O) groups is 3. The van der Waals surface area contributed by atoms with Gasteiger partial charge in [-0.25, -0.2) is 14.5 Å². The van der Waals surface area contributed by atoms with E-state index in [2.05, 4.69) is 20.3 Å². The van der Waals surface area contributed by atoms with Crippen LogP contribution in [-0.2, 0) is 34.0 Å². The molecule has 34 heavy (non-hydrogen) atoms. The number of amides is 1. The van der Waals surface area contributed by atoms with Crippen molar-refractivity contribution in [2.75, 3.05) is 11.1 Å². The molecule has 4 heterocycles. The first kappa shape index (κ1) is 25.9. The second-order valence-electron chi connectivity index (χ2n) is 7.30. The van der Waals surface area contributed by atoms with Crippen molar-refractivity contribution in [2.45, 2.75) is 52.7 Å². The number of aryl methyl sites for hydroxylation is 3. The molecule has 0 unspecified atom stereocenters. The van der Waals surface area contributed by atoms with E-state index in [0.29, 0.717) is 37.8 Å². The van der Waals surface area contributed by atoms with E-state index in [1.165, 1.54) is 23.9 Å². The molecule has 3 N–H and O–H groups in total. The Balaban J connectivity index is 0.000000181. The predicted octanol–water partition coefficient (Wildman–Crippen LogP) is 1.44. The Kier molecular flexibility index (Phi) is 9.61. The van der Waals surface area contributed by atoms with Crippen LogP contribution in [0, 0.1) is 10.1 Å². The van der Waals surface area contributed by atoms with E-state index in [1.807, 2.05) is 10.8 Å². The minimum absolute atomic E-state index is 0.00278. The number of Topliss-reactive ketones (excluding diaryl/α,β-unsaturated/α-hetero) is 2. The lowest BCUT2D eigenvalue weighted by Gasteiger charge is -2.13. The number of ketones is 2. The number of anilines is 2. The molecule has 0 atom stereocenters. The van der Waals surface area contributed by atoms with Crippen molar-refractivity contribution in [1.82, 2.24) is 28.7 Å². The van der Waals surface area contributed by atoms with E-state index < -0.39 is 4.92 Å². The lowest BCUT2D eigenvalue weighted by molar-refractivity contribution is -0.396. The third-order valence-corrected chi connectivity index (χ3v) is 4.56. The van der Waals surface area contributed by atoms with E-state index >= 15 is 0 Å². The number of nitrogens with one attached hydrogen (secondary N) is 1. The van der Waals surface area contributed by atoms with Crippen molar-refractivity contribution in [2.24, 2.45) is 0 Å². The number of nitrogen functional groups attached to an aromatic ring is 1. The molecule has 1 aliphatic rings. The molecule has 14 nitrogen and oxygen atoms in total. The van der Waals surface area contributed by atoms with Crippen LogP contribution in [0.15, 0.2) is 37.2 Å². The predicted molar refractivity (Wildman–Crippen MR) is 122 cm³/mol. The smallest absolute Gasteiger partial charge is 0.390 e. The summed E-state index contributed by atoms with van der Waals surface area (Å²) in [7, 11) is 0. The normalized spacial score (nSPS) is 11.8. The third kappa shape index (κ3) is 8.29. The summed E-state index contributed by atoms with van der Waals surface area (Å²) in [5.41, 5.74) is 5.47. The summed E-state index contributed by atoms with van der Waals surface area (Å²) < 4.78 is 5.02. The van der Waals surface area contributed by atoms with Gasteiger partial charge in [0.2, 0.25) is 11.9 Å². The van der Waals surface area contributed by atoms with Crippen LogP contribution >= 0.6 is 0 Å². The number of nitro groups is 1. The summed E-state index contributed by atoms with van der Waals surface area (Å²) >= 11 is 0. The molecule has 3 aromatic rings. The lowest BCUT2D eigenvalue weighted by Crippen LogP contribution is -2.22. The fourth-order valence-electron chi connectivity index (χ4n) is 2.76. The maximum absolute atomic E-state index is 10.8. The highest BCUT2D eigenvalue weighted by molar-refractivity contribution is 5.90. The fraction of sp³-hybridized carbons (Fsp3) is 0.400. The van der Waals surface area contributed by atoms with Gasteiger partial charge in [0.15, 0.2) is 5.95 Å². The van der Waals surface area contributed by atoms with E-state index in [-0.39, 0.29) is 29.8 Å². The van der Waals surface area contributed by atoms with Gasteiger partial charge in [0.05, 0.1) is 6.54 Å². The highest BCUT2D eigenvalue weighted by Crippen LogP contribution is 2.10. The topological polar surface area (TPSA) is 186 Å². The molecule has 3 aromatic heterocycles. The maximum atomic E-state index is 10.8. The first-order valence-corrected chi connectivity index (χ1v) is 10.4. The van der Waals surface area contributed by atoms with Crippen molar-refractivity contribution >= 4 is 35.3 Å². The van der Waals surface area contributed by atoms with Crippen LogP contribution in [0.2, 0.25) is 0 Å². The van der Waals surface area contributed by atoms with Gasteiger partial charge in [0.1, 0.15) is 24.0 Å². The Hall–Kier alpha value is -4.36. The Morgan fingerprint density at radius 3 is 2.21 bits per heavy atom. The van der Waals surface area contributed by atoms with E-state index in [9.17, 15) is 24.5 Å². The van der Waals surface area contributed by atoms with Crippen LogP contribution in [0.25, 0.3) is 0 Å². The van der Waals surface area contributed by atoms with E-state index in [4.69, 9.17) is 5.73 Å². The van der Waals surface area contributed by atoms with E-state index in [1.54, 1.807) is 30.1 Å². The number of hydrogen-bond acceptors (Lipinski definition) is 9. The van der Waals surface area contributed by atoms with Crippen molar-refractivity contribution < 1.29 is 19.3 Å². The van der Waals surface area contributed by atoms with Crippen molar-refractivity contribution in [3.8, 4) is 0 Å². The second kappa shape index (κ2) is 12.6. The number of imidazole rings is 3. The van der Waals surface area contributed by atoms with Gasteiger partial charge in [0, 0.05) is 57.1 Å². The zero-order chi connectivity index (χ0) is 25.1. The van der Waals surface area contributed by atoms with Crippen LogP contribution in [0.4, 0.5) is 17.8 Å². The van der Waals surface area contributed by atoms with Gasteiger partial charge in [-0.05, 0) is 18.8 Å². The zero-order valence-corrected chi connectivity index (χ0v) is 19.0. The van der Waals surface area contributed by atoms with E-state index in [0.717, 1.165) is 6.54 Å². The standard InChI is InChI=1S/C7H9N3O3.C7H11N3O.C6H7N3O/c1-6(11)2-4-9-5-3-8-7(9)10(12)13;1-6(11)2-4-10-5-3-9-7(10)8;10-5-1-3-9-4-2-7-6(9)8-5/h3,5H,2,4H2,1H3;3,5H,2,4H2,1H3,(H2,8,9);2,4H,1,3H2,(H,7,8,10). The molecular weight excluding hydrogens is 446 g/mol. The van der Waals surface area contributed by atoms with Crippen LogP contribution in [0.5, 0.6) is 0 Å². The number of nitrogens with zero attached hydrogens (tertiary/aromatic N) is 7. The zero-order valence-electron chi connectivity index (χ0n) is 19.0. The van der Waals surface area contributed by atoms with Crippen molar-refractivity contribution in [1.29, 1.82) is 0 Å². The number of fused-ring (bicyclic) bond motifs is 1. The molecule has 0 radical (unpaired) electrons. The molecule has 0 aromatic carbocycles. The number of hydrogen-bond donors (Lipinski definition) is 2. The number of carbonyl (C=O) groups excluding carboxylic acids is 3. The minimum Gasteiger partial charge on any atom is -0.390 e. The molecule has 0 spiro atoms. The maximum Gasteiger partial charge on any atom is 0.434 e. The molecule has 14 heteroatoms. The minimum atomic E-state index is -0.569. The highest BCUT2D eigenvalue weighted by Gasteiger charge is 2.14. The number of nitrogens with two attached hydrogens (primary N) is 1. The molecule has 0 fully saturated rings. The van der Waals surface area contributed by atoms with Gasteiger partial charge in [-0.15, -0.1) is 0 Å². The van der Waals surface area contributed by atoms with Gasteiger partial charge < -0.3 is 25.0 Å². The monoisotopic (exact) mass is 473 g/mol.